The van der Waals surface area contributed by atoms with Crippen LogP contribution in [0.25, 0.3) is 22.3 Å². The molecule has 492 valence electrons. The topological polar surface area (TPSA) is 240 Å². The first kappa shape index (κ1) is 66.4. The molecular weight excluding hydrogens is 1200 g/mol. The molecule has 0 bridgehead atoms. The summed E-state index contributed by atoms with van der Waals surface area (Å²) in [6, 6.07) is 33.4. The van der Waals surface area contributed by atoms with Crippen molar-refractivity contribution < 1.29 is 43.3 Å². The van der Waals surface area contributed by atoms with Gasteiger partial charge in [0.1, 0.15) is 29.6 Å². The molecule has 12 rings (SSSR count). The number of hydrogen-bond donors (Lipinski definition) is 3. The molecule has 0 atom stereocenters. The van der Waals surface area contributed by atoms with Crippen molar-refractivity contribution in [2.24, 2.45) is 14.1 Å². The number of aryl methyl sites for hydroxylation is 2. The van der Waals surface area contributed by atoms with Crippen molar-refractivity contribution in [1.82, 2.24) is 28.9 Å². The van der Waals surface area contributed by atoms with E-state index in [2.05, 4.69) is 74.3 Å². The molecule has 8 aromatic rings. The summed E-state index contributed by atoms with van der Waals surface area (Å²) in [6.07, 6.45) is 7.80. The first-order valence-electron chi connectivity index (χ1n) is 32.0. The van der Waals surface area contributed by atoms with Gasteiger partial charge in [0, 0.05) is 118 Å². The predicted molar refractivity (Wildman–Crippen MR) is 365 cm³/mol. The Bertz CT molecular complexity index is 4380. The Labute approximate surface area is 551 Å². The average molecular weight is 1290 g/mol. The van der Waals surface area contributed by atoms with Crippen LogP contribution >= 0.6 is 0 Å². The van der Waals surface area contributed by atoms with Crippen LogP contribution in [0.5, 0.6) is 0 Å². The Morgan fingerprint density at radius 1 is 0.537 bits per heavy atom. The number of aliphatic hydroxyl groups is 1. The van der Waals surface area contributed by atoms with E-state index in [1.165, 1.54) is 39.6 Å². The van der Waals surface area contributed by atoms with Crippen LogP contribution in [0.15, 0.2) is 144 Å². The lowest BCUT2D eigenvalue weighted by molar-refractivity contribution is -0.142. The zero-order chi connectivity index (χ0) is 67.5. The largest absolute Gasteiger partial charge is 0.461 e. The number of nitrogens with one attached hydrogen (secondary N) is 2. The van der Waals surface area contributed by atoms with Gasteiger partial charge >= 0.3 is 5.97 Å². The predicted octanol–water partition coefficient (Wildman–Crippen LogP) is 9.88. The Morgan fingerprint density at radius 3 is 1.35 bits per heavy atom. The number of nitrogens with zero attached hydrogens (tertiary/aromatic N) is 8. The summed E-state index contributed by atoms with van der Waals surface area (Å²) in [5.74, 6) is -0.0849. The van der Waals surface area contributed by atoms with E-state index in [4.69, 9.17) is 14.2 Å². The summed E-state index contributed by atoms with van der Waals surface area (Å²) >= 11 is 0. The maximum absolute atomic E-state index is 14.0. The summed E-state index contributed by atoms with van der Waals surface area (Å²) in [5, 5.41) is 16.8. The average Bonchev–Trinajstić information content (AvgIpc) is 0.799. The summed E-state index contributed by atoms with van der Waals surface area (Å²) < 4.78 is 19.1. The molecule has 4 aromatic carbocycles. The molecule has 4 amide bonds. The van der Waals surface area contributed by atoms with Crippen molar-refractivity contribution in [3.05, 3.63) is 210 Å². The Hall–Kier alpha value is -10.1. The SMILES string of the molecule is CC(=O)OCc1c(-c2cc(Nc3ccc(C(=O)N4CCOCC4)cn3)c(=O)n(C)c2)cccc1N1CCc2cc(C(C)(C)C)ccc2C1=O.Cn1cc(-c2cccc(N3CCc4cc(C(C)(C)C)ccc4C3=O)c2CO)cc(Nc2ccc(C(=O)N3CCOCC3)cn2)c1=O. The number of esters is 1. The second-order valence-corrected chi connectivity index (χ2v) is 26.2. The van der Waals surface area contributed by atoms with E-state index in [1.807, 2.05) is 60.7 Å². The fourth-order valence-electron chi connectivity index (χ4n) is 12.3. The van der Waals surface area contributed by atoms with Gasteiger partial charge in [0.05, 0.1) is 55.5 Å². The van der Waals surface area contributed by atoms with Crippen molar-refractivity contribution in [1.29, 1.82) is 0 Å². The van der Waals surface area contributed by atoms with Crippen LogP contribution in [0.3, 0.4) is 0 Å². The van der Waals surface area contributed by atoms with Gasteiger partial charge in [0.15, 0.2) is 0 Å². The molecule has 21 heteroatoms. The zero-order valence-corrected chi connectivity index (χ0v) is 55.2. The number of carbonyl (C=O) groups excluding carboxylic acids is 5. The Balaban J connectivity index is 0.000000194. The van der Waals surface area contributed by atoms with Crippen LogP contribution in [0.4, 0.5) is 34.4 Å². The molecule has 2 fully saturated rings. The number of pyridine rings is 4. The van der Waals surface area contributed by atoms with Gasteiger partial charge in [-0.05, 0) is 118 Å². The summed E-state index contributed by atoms with van der Waals surface area (Å²) in [5.41, 5.74) is 11.9. The van der Waals surface area contributed by atoms with Gasteiger partial charge in [-0.15, -0.1) is 0 Å². The van der Waals surface area contributed by atoms with Crippen LogP contribution in [-0.4, -0.2) is 129 Å². The van der Waals surface area contributed by atoms with Crippen molar-refractivity contribution in [3.63, 3.8) is 0 Å². The zero-order valence-electron chi connectivity index (χ0n) is 55.2. The second-order valence-electron chi connectivity index (χ2n) is 26.2. The van der Waals surface area contributed by atoms with E-state index in [0.29, 0.717) is 157 Å². The Kier molecular flexibility index (Phi) is 19.5. The molecular formula is C74H80N10O11. The highest BCUT2D eigenvalue weighted by Crippen LogP contribution is 2.39. The highest BCUT2D eigenvalue weighted by Gasteiger charge is 2.32. The van der Waals surface area contributed by atoms with Crippen molar-refractivity contribution in [2.45, 2.75) is 85.4 Å². The van der Waals surface area contributed by atoms with E-state index in [-0.39, 0.29) is 70.2 Å². The molecule has 4 aliphatic rings. The molecule has 4 aromatic heterocycles. The van der Waals surface area contributed by atoms with E-state index >= 15 is 0 Å². The molecule has 0 unspecified atom stereocenters. The minimum atomic E-state index is -0.449. The molecule has 0 saturated carbocycles. The number of carbonyl (C=O) groups is 5. The third kappa shape index (κ3) is 14.5. The number of hydrogen-bond acceptors (Lipinski definition) is 15. The third-order valence-electron chi connectivity index (χ3n) is 17.7. The quantitative estimate of drug-likeness (QED) is 0.0910. The number of fused-ring (bicyclic) bond motifs is 2. The van der Waals surface area contributed by atoms with Gasteiger partial charge < -0.3 is 58.7 Å². The van der Waals surface area contributed by atoms with Gasteiger partial charge in [-0.25, -0.2) is 9.97 Å². The van der Waals surface area contributed by atoms with E-state index < -0.39 is 5.97 Å². The van der Waals surface area contributed by atoms with Crippen LogP contribution < -0.4 is 31.6 Å². The lowest BCUT2D eigenvalue weighted by atomic mass is 9.84. The normalized spacial score (nSPS) is 14.9. The molecule has 21 nitrogen and oxygen atoms in total. The van der Waals surface area contributed by atoms with Crippen molar-refractivity contribution in [2.75, 3.05) is 86.1 Å². The maximum atomic E-state index is 14.0. The van der Waals surface area contributed by atoms with Gasteiger partial charge in [0.25, 0.3) is 34.7 Å². The van der Waals surface area contributed by atoms with Crippen molar-refractivity contribution >= 4 is 64.0 Å². The minimum absolute atomic E-state index is 0.0152. The van der Waals surface area contributed by atoms with E-state index in [1.54, 1.807) is 82.5 Å². The molecule has 8 heterocycles. The van der Waals surface area contributed by atoms with Crippen LogP contribution in [0.2, 0.25) is 0 Å². The smallest absolute Gasteiger partial charge is 0.302 e. The number of aromatic nitrogens is 4. The van der Waals surface area contributed by atoms with Gasteiger partial charge in [-0.2, -0.15) is 0 Å². The first-order valence-corrected chi connectivity index (χ1v) is 32.0. The van der Waals surface area contributed by atoms with Gasteiger partial charge in [-0.3, -0.25) is 33.6 Å². The fourth-order valence-corrected chi connectivity index (χ4v) is 12.3. The molecule has 95 heavy (non-hydrogen) atoms. The monoisotopic (exact) mass is 1280 g/mol. The van der Waals surface area contributed by atoms with Crippen LogP contribution in [0.1, 0.15) is 123 Å². The maximum Gasteiger partial charge on any atom is 0.302 e. The Morgan fingerprint density at radius 2 is 0.958 bits per heavy atom. The number of anilines is 6. The number of ether oxygens (including phenoxy) is 3. The molecule has 0 radical (unpaired) electrons. The van der Waals surface area contributed by atoms with Gasteiger partial charge in [-0.1, -0.05) is 90.1 Å². The number of benzene rings is 4. The lowest BCUT2D eigenvalue weighted by Crippen LogP contribution is -2.40. The molecule has 0 aliphatic carbocycles. The number of amides is 4. The summed E-state index contributed by atoms with van der Waals surface area (Å²) in [4.78, 5) is 108. The number of aliphatic hydroxyl groups excluding tert-OH is 1. The van der Waals surface area contributed by atoms with Crippen molar-refractivity contribution in [3.8, 4) is 22.3 Å². The molecule has 3 N–H and O–H groups in total. The highest BCUT2D eigenvalue weighted by molar-refractivity contribution is 6.10. The standard InChI is InChI=1S/C38H41N5O6.C36H39N5O5/c1-24(44)49-23-31-29(7-6-8-33(31)43-14-13-25-19-28(38(2,3)4)10-11-30(25)36(43)46)27-20-32(37(47)41(5)22-27)40-34-12-9-26(21-39-34)35(45)42-15-17-48-18-16-42;1-36(2,3)26-9-10-28-23(18-26)12-13-41(34(28)44)31-7-5-6-27(29(31)22-42)25-19-30(35(45)39(4)21-25)38-32-11-8-24(20-37-32)33(43)40-14-16-46-17-15-40/h6-12,19-22H,13-18,23H2,1-5H3,(H,39,40);5-11,18-21,42H,12-17,22H2,1-4H3,(H,37,38). The fraction of sp³-hybridized carbons (Fsp3) is 0.338. The minimum Gasteiger partial charge on any atom is -0.461 e. The molecule has 0 spiro atoms. The summed E-state index contributed by atoms with van der Waals surface area (Å²) in [7, 11) is 3.31. The molecule has 4 aliphatic heterocycles. The van der Waals surface area contributed by atoms with Crippen LogP contribution in [-0.2, 0) is 70.0 Å². The van der Waals surface area contributed by atoms with E-state index in [9.17, 15) is 38.7 Å². The summed E-state index contributed by atoms with van der Waals surface area (Å²) in [6.45, 7) is 19.1. The highest BCUT2D eigenvalue weighted by atomic mass is 16.5. The van der Waals surface area contributed by atoms with Gasteiger partial charge in [0.2, 0.25) is 0 Å². The lowest BCUT2D eigenvalue weighted by Gasteiger charge is -2.32. The molecule has 2 saturated heterocycles. The first-order chi connectivity index (χ1) is 45.4. The van der Waals surface area contributed by atoms with E-state index in [0.717, 1.165) is 11.1 Å². The third-order valence-corrected chi connectivity index (χ3v) is 17.7. The van der Waals surface area contributed by atoms with Crippen LogP contribution in [0, 0.1) is 0 Å². The number of rotatable bonds is 13. The second kappa shape index (κ2) is 27.9. The number of morpholine rings is 2.